The van der Waals surface area contributed by atoms with Crippen molar-refractivity contribution in [3.63, 3.8) is 0 Å². The predicted molar refractivity (Wildman–Crippen MR) is 31.8 cm³/mol. The SMILES string of the molecule is CCOC(O)(N=[N+]=[N-])C(F)(F)F. The van der Waals surface area contributed by atoms with Gasteiger partial charge in [-0.25, -0.2) is 0 Å². The lowest BCUT2D eigenvalue weighted by Gasteiger charge is -2.24. The number of halogens is 3. The minimum absolute atomic E-state index is 0.422. The summed E-state index contributed by atoms with van der Waals surface area (Å²) < 4.78 is 39.4. The summed E-state index contributed by atoms with van der Waals surface area (Å²) >= 11 is 0. The summed E-state index contributed by atoms with van der Waals surface area (Å²) in [7, 11) is 0. The average Bonchev–Trinajstić information content (AvgIpc) is 1.86. The summed E-state index contributed by atoms with van der Waals surface area (Å²) in [5, 5.41) is 10.7. The van der Waals surface area contributed by atoms with Crippen molar-refractivity contribution >= 4 is 0 Å². The fourth-order valence-corrected chi connectivity index (χ4v) is 0.429. The summed E-state index contributed by atoms with van der Waals surface area (Å²) in [5.41, 5.74) is 7.71. The van der Waals surface area contributed by atoms with E-state index >= 15 is 0 Å². The molecule has 0 aliphatic carbocycles. The molecule has 70 valence electrons. The van der Waals surface area contributed by atoms with Gasteiger partial charge in [-0.3, -0.25) is 0 Å². The Kier molecular flexibility index (Phi) is 3.32. The van der Waals surface area contributed by atoms with Crippen molar-refractivity contribution in [3.8, 4) is 0 Å². The molecule has 0 saturated carbocycles. The van der Waals surface area contributed by atoms with Gasteiger partial charge < -0.3 is 9.84 Å². The maximum absolute atomic E-state index is 11.8. The molecule has 0 amide bonds. The predicted octanol–water partition coefficient (Wildman–Crippen LogP) is 1.54. The third kappa shape index (κ3) is 2.26. The number of hydrogen-bond donors (Lipinski definition) is 1. The Morgan fingerprint density at radius 2 is 2.08 bits per heavy atom. The van der Waals surface area contributed by atoms with Gasteiger partial charge in [0.1, 0.15) is 0 Å². The Morgan fingerprint density at radius 1 is 1.58 bits per heavy atom. The van der Waals surface area contributed by atoms with Gasteiger partial charge >= 0.3 is 12.1 Å². The molecule has 1 atom stereocenters. The maximum atomic E-state index is 11.8. The van der Waals surface area contributed by atoms with E-state index in [0.29, 0.717) is 0 Å². The second-order valence-corrected chi connectivity index (χ2v) is 1.73. The summed E-state index contributed by atoms with van der Waals surface area (Å²) in [6, 6.07) is 0. The van der Waals surface area contributed by atoms with E-state index in [1.165, 1.54) is 6.92 Å². The number of hydrogen-bond acceptors (Lipinski definition) is 3. The van der Waals surface area contributed by atoms with Crippen LogP contribution in [0.3, 0.4) is 0 Å². The molecule has 0 aliphatic rings. The Labute approximate surface area is 65.4 Å². The number of alkyl halides is 3. The van der Waals surface area contributed by atoms with E-state index in [4.69, 9.17) is 10.6 Å². The van der Waals surface area contributed by atoms with Gasteiger partial charge in [0.25, 0.3) is 0 Å². The van der Waals surface area contributed by atoms with Gasteiger partial charge in [-0.1, -0.05) is 0 Å². The highest BCUT2D eigenvalue weighted by Crippen LogP contribution is 2.32. The molecule has 0 bridgehead atoms. The van der Waals surface area contributed by atoms with Crippen molar-refractivity contribution in [3.05, 3.63) is 10.4 Å². The second-order valence-electron chi connectivity index (χ2n) is 1.73. The van der Waals surface area contributed by atoms with Crippen molar-refractivity contribution in [1.29, 1.82) is 0 Å². The minimum atomic E-state index is -5.13. The van der Waals surface area contributed by atoms with E-state index < -0.39 is 18.7 Å². The van der Waals surface area contributed by atoms with Crippen molar-refractivity contribution < 1.29 is 23.0 Å². The van der Waals surface area contributed by atoms with E-state index in [1.807, 2.05) is 4.91 Å². The molecule has 0 heterocycles. The van der Waals surface area contributed by atoms with E-state index in [9.17, 15) is 13.2 Å². The summed E-state index contributed by atoms with van der Waals surface area (Å²) in [6.07, 6.45) is -5.13. The van der Waals surface area contributed by atoms with Crippen molar-refractivity contribution in [1.82, 2.24) is 0 Å². The van der Waals surface area contributed by atoms with Crippen LogP contribution in [0.25, 0.3) is 10.4 Å². The van der Waals surface area contributed by atoms with Crippen LogP contribution in [0.2, 0.25) is 0 Å². The first-order chi connectivity index (χ1) is 5.37. The third-order valence-corrected chi connectivity index (χ3v) is 0.895. The van der Waals surface area contributed by atoms with Crippen molar-refractivity contribution in [2.24, 2.45) is 5.11 Å². The van der Waals surface area contributed by atoms with Gasteiger partial charge in [-0.05, 0) is 17.6 Å². The van der Waals surface area contributed by atoms with Gasteiger partial charge in [0.05, 0.1) is 0 Å². The molecular formula is C4H6F3N3O2. The number of azide groups is 1. The Morgan fingerprint density at radius 3 is 2.33 bits per heavy atom. The van der Waals surface area contributed by atoms with Crippen LogP contribution in [0.4, 0.5) is 13.2 Å². The third-order valence-electron chi connectivity index (χ3n) is 0.895. The molecule has 0 spiro atoms. The molecule has 0 aromatic rings. The quantitative estimate of drug-likeness (QED) is 0.313. The Bertz CT molecular complexity index is 200. The number of nitrogens with zero attached hydrogens (tertiary/aromatic N) is 3. The van der Waals surface area contributed by atoms with Gasteiger partial charge in [-0.2, -0.15) is 13.2 Å². The molecule has 0 fully saturated rings. The van der Waals surface area contributed by atoms with Crippen LogP contribution in [0, 0.1) is 0 Å². The Hall–Kier alpha value is -0.980. The molecule has 0 rings (SSSR count). The molecule has 12 heavy (non-hydrogen) atoms. The van der Waals surface area contributed by atoms with Crippen LogP contribution < -0.4 is 0 Å². The highest BCUT2D eigenvalue weighted by molar-refractivity contribution is 4.73. The number of rotatable bonds is 3. The average molecular weight is 185 g/mol. The van der Waals surface area contributed by atoms with Gasteiger partial charge in [0, 0.05) is 11.5 Å². The fraction of sp³-hybridized carbons (Fsp3) is 1.00. The maximum Gasteiger partial charge on any atom is 0.449 e. The van der Waals surface area contributed by atoms with Gasteiger partial charge in [0.2, 0.25) is 0 Å². The normalized spacial score (nSPS) is 16.4. The largest absolute Gasteiger partial charge is 0.449 e. The topological polar surface area (TPSA) is 78.2 Å². The minimum Gasteiger partial charge on any atom is -0.354 e. The number of aliphatic hydroxyl groups is 1. The molecule has 0 aliphatic heterocycles. The van der Waals surface area contributed by atoms with Crippen molar-refractivity contribution in [2.75, 3.05) is 6.61 Å². The van der Waals surface area contributed by atoms with E-state index in [0.717, 1.165) is 0 Å². The van der Waals surface area contributed by atoms with Gasteiger partial charge in [0.15, 0.2) is 0 Å². The lowest BCUT2D eigenvalue weighted by Crippen LogP contribution is -2.45. The van der Waals surface area contributed by atoms with Crippen LogP contribution in [0.15, 0.2) is 5.11 Å². The first-order valence-corrected chi connectivity index (χ1v) is 2.86. The molecule has 0 aromatic carbocycles. The van der Waals surface area contributed by atoms with Gasteiger partial charge in [-0.15, -0.1) is 0 Å². The standard InChI is InChI=1S/C4H6F3N3O2/c1-2-12-4(11,9-10-8)3(5,6)7/h11H,2H2,1H3. The molecule has 0 saturated heterocycles. The first kappa shape index (κ1) is 11.0. The van der Waals surface area contributed by atoms with E-state index in [1.54, 1.807) is 0 Å². The lowest BCUT2D eigenvalue weighted by atomic mass is 10.5. The Balaban J connectivity index is 4.73. The summed E-state index contributed by atoms with van der Waals surface area (Å²) in [6.45, 7) is 0.804. The first-order valence-electron chi connectivity index (χ1n) is 2.86. The fourth-order valence-electron chi connectivity index (χ4n) is 0.429. The molecule has 0 aromatic heterocycles. The van der Waals surface area contributed by atoms with E-state index in [2.05, 4.69) is 9.85 Å². The van der Waals surface area contributed by atoms with Crippen LogP contribution >= 0.6 is 0 Å². The van der Waals surface area contributed by atoms with Crippen LogP contribution in [-0.2, 0) is 4.74 Å². The zero-order valence-electron chi connectivity index (χ0n) is 6.04. The molecule has 1 unspecified atom stereocenters. The molecule has 8 heteroatoms. The number of ether oxygens (including phenoxy) is 1. The molecule has 0 radical (unpaired) electrons. The monoisotopic (exact) mass is 185 g/mol. The van der Waals surface area contributed by atoms with E-state index in [-0.39, 0.29) is 0 Å². The van der Waals surface area contributed by atoms with Crippen LogP contribution in [0.1, 0.15) is 6.92 Å². The molecular weight excluding hydrogens is 179 g/mol. The zero-order valence-corrected chi connectivity index (χ0v) is 6.04. The van der Waals surface area contributed by atoms with Crippen molar-refractivity contribution in [2.45, 2.75) is 19.0 Å². The zero-order chi connectivity index (χ0) is 9.83. The lowest BCUT2D eigenvalue weighted by molar-refractivity contribution is -0.361. The second kappa shape index (κ2) is 3.61. The molecule has 1 N–H and O–H groups in total. The highest BCUT2D eigenvalue weighted by Gasteiger charge is 2.55. The molecule has 5 nitrogen and oxygen atoms in total. The summed E-state index contributed by atoms with van der Waals surface area (Å²) in [5.74, 6) is -3.75. The van der Waals surface area contributed by atoms with Crippen LogP contribution in [-0.4, -0.2) is 23.8 Å². The van der Waals surface area contributed by atoms with Crippen LogP contribution in [0.5, 0.6) is 0 Å². The highest BCUT2D eigenvalue weighted by atomic mass is 19.4. The summed E-state index contributed by atoms with van der Waals surface area (Å²) in [4.78, 5) is 1.82. The smallest absolute Gasteiger partial charge is 0.354 e.